The van der Waals surface area contributed by atoms with Gasteiger partial charge in [-0.3, -0.25) is 0 Å². The summed E-state index contributed by atoms with van der Waals surface area (Å²) in [5.41, 5.74) is 1.17. The summed E-state index contributed by atoms with van der Waals surface area (Å²) in [6.07, 6.45) is 3.32. The fraction of sp³-hybridized carbons (Fsp3) is 0.684. The third-order valence-electron chi connectivity index (χ3n) is 5.02. The van der Waals surface area contributed by atoms with E-state index in [4.69, 9.17) is 13.9 Å². The van der Waals surface area contributed by atoms with E-state index in [0.29, 0.717) is 0 Å². The number of benzene rings is 1. The van der Waals surface area contributed by atoms with Crippen molar-refractivity contribution in [2.75, 3.05) is 6.61 Å². The highest BCUT2D eigenvalue weighted by Crippen LogP contribution is 2.37. The normalized spacial score (nSPS) is 21.0. The first kappa shape index (κ1) is 18.5. The van der Waals surface area contributed by atoms with Gasteiger partial charge in [0.1, 0.15) is 5.75 Å². The monoisotopic (exact) mass is 336 g/mol. The van der Waals surface area contributed by atoms with Crippen LogP contribution in [0.4, 0.5) is 0 Å². The van der Waals surface area contributed by atoms with Crippen LogP contribution in [0.1, 0.15) is 58.6 Å². The van der Waals surface area contributed by atoms with Crippen molar-refractivity contribution in [3.8, 4) is 5.75 Å². The Bertz CT molecular complexity index is 484. The van der Waals surface area contributed by atoms with Gasteiger partial charge in [-0.25, -0.2) is 0 Å². The molecule has 23 heavy (non-hydrogen) atoms. The lowest BCUT2D eigenvalue weighted by Gasteiger charge is -2.36. The Morgan fingerprint density at radius 3 is 2.30 bits per heavy atom. The Labute approximate surface area is 142 Å². The molecule has 1 heterocycles. The van der Waals surface area contributed by atoms with Crippen molar-refractivity contribution in [2.24, 2.45) is 0 Å². The molecule has 1 fully saturated rings. The van der Waals surface area contributed by atoms with Crippen LogP contribution in [0.2, 0.25) is 18.1 Å². The van der Waals surface area contributed by atoms with E-state index in [1.165, 1.54) is 12.0 Å². The van der Waals surface area contributed by atoms with Gasteiger partial charge in [0.15, 0.2) is 6.29 Å². The standard InChI is InChI=1S/C19H32O3Si/c1-15(21-18-9-7-8-14-20-18)16-10-12-17(13-11-16)22-23(5,6)19(2,3)4/h10-13,15,18H,7-9,14H2,1-6H3. The van der Waals surface area contributed by atoms with Crippen LogP contribution in [0.3, 0.4) is 0 Å². The third kappa shape index (κ3) is 5.06. The maximum Gasteiger partial charge on any atom is 0.250 e. The van der Waals surface area contributed by atoms with Gasteiger partial charge < -0.3 is 13.9 Å². The Hall–Kier alpha value is -0.843. The first-order chi connectivity index (χ1) is 10.7. The molecule has 1 aliphatic rings. The molecule has 0 aromatic heterocycles. The van der Waals surface area contributed by atoms with Gasteiger partial charge in [0.05, 0.1) is 6.10 Å². The zero-order chi connectivity index (χ0) is 17.1. The van der Waals surface area contributed by atoms with Crippen molar-refractivity contribution in [1.82, 2.24) is 0 Å². The van der Waals surface area contributed by atoms with Gasteiger partial charge in [0, 0.05) is 6.61 Å². The summed E-state index contributed by atoms with van der Waals surface area (Å²) in [4.78, 5) is 0. The van der Waals surface area contributed by atoms with E-state index in [9.17, 15) is 0 Å². The first-order valence-corrected chi connectivity index (χ1v) is 11.7. The molecule has 0 aliphatic carbocycles. The van der Waals surface area contributed by atoms with Crippen molar-refractivity contribution in [3.63, 3.8) is 0 Å². The molecule has 0 N–H and O–H groups in total. The molecule has 2 atom stereocenters. The van der Waals surface area contributed by atoms with Crippen molar-refractivity contribution in [2.45, 2.75) is 77.5 Å². The molecule has 1 saturated heterocycles. The van der Waals surface area contributed by atoms with Crippen molar-refractivity contribution < 1.29 is 13.9 Å². The number of hydrogen-bond donors (Lipinski definition) is 0. The molecule has 2 unspecified atom stereocenters. The van der Waals surface area contributed by atoms with Crippen LogP contribution in [0.25, 0.3) is 0 Å². The molecule has 1 aliphatic heterocycles. The van der Waals surface area contributed by atoms with Gasteiger partial charge in [-0.15, -0.1) is 0 Å². The van der Waals surface area contributed by atoms with Crippen LogP contribution in [0, 0.1) is 0 Å². The minimum absolute atomic E-state index is 0.0417. The van der Waals surface area contributed by atoms with E-state index >= 15 is 0 Å². The van der Waals surface area contributed by atoms with Gasteiger partial charge >= 0.3 is 0 Å². The lowest BCUT2D eigenvalue weighted by molar-refractivity contribution is -0.186. The maximum absolute atomic E-state index is 6.32. The van der Waals surface area contributed by atoms with Gasteiger partial charge in [-0.2, -0.15) is 0 Å². The van der Waals surface area contributed by atoms with Crippen molar-refractivity contribution in [3.05, 3.63) is 29.8 Å². The Balaban J connectivity index is 1.96. The average molecular weight is 337 g/mol. The van der Waals surface area contributed by atoms with Crippen LogP contribution in [-0.2, 0) is 9.47 Å². The van der Waals surface area contributed by atoms with Gasteiger partial charge in [0.25, 0.3) is 0 Å². The van der Waals surface area contributed by atoms with Crippen LogP contribution >= 0.6 is 0 Å². The average Bonchev–Trinajstić information content (AvgIpc) is 2.47. The molecular formula is C19H32O3Si. The second-order valence-electron chi connectivity index (χ2n) is 8.01. The molecule has 0 spiro atoms. The summed E-state index contributed by atoms with van der Waals surface area (Å²) in [6, 6.07) is 8.35. The topological polar surface area (TPSA) is 27.7 Å². The molecule has 130 valence electrons. The Morgan fingerprint density at radius 2 is 1.78 bits per heavy atom. The minimum atomic E-state index is -1.78. The molecule has 2 rings (SSSR count). The molecule has 0 bridgehead atoms. The Morgan fingerprint density at radius 1 is 1.13 bits per heavy atom. The van der Waals surface area contributed by atoms with E-state index < -0.39 is 8.32 Å². The highest BCUT2D eigenvalue weighted by Gasteiger charge is 2.38. The zero-order valence-corrected chi connectivity index (χ0v) is 16.5. The summed E-state index contributed by atoms with van der Waals surface area (Å²) in [5, 5.41) is 0.209. The van der Waals surface area contributed by atoms with E-state index in [-0.39, 0.29) is 17.4 Å². The molecule has 4 heteroatoms. The van der Waals surface area contributed by atoms with Crippen LogP contribution < -0.4 is 4.43 Å². The highest BCUT2D eigenvalue weighted by molar-refractivity contribution is 6.74. The van der Waals surface area contributed by atoms with E-state index in [0.717, 1.165) is 25.2 Å². The summed E-state index contributed by atoms with van der Waals surface area (Å²) in [7, 11) is -1.78. The second kappa shape index (κ2) is 7.37. The third-order valence-corrected chi connectivity index (χ3v) is 9.38. The molecular weight excluding hydrogens is 304 g/mol. The molecule has 1 aromatic carbocycles. The molecule has 3 nitrogen and oxygen atoms in total. The maximum atomic E-state index is 6.32. The van der Waals surface area contributed by atoms with Crippen LogP contribution in [0.15, 0.2) is 24.3 Å². The Kier molecular flexibility index (Phi) is 5.92. The number of hydrogen-bond acceptors (Lipinski definition) is 3. The highest BCUT2D eigenvalue weighted by atomic mass is 28.4. The summed E-state index contributed by atoms with van der Waals surface area (Å²) in [6.45, 7) is 14.2. The van der Waals surface area contributed by atoms with Crippen LogP contribution in [-0.4, -0.2) is 21.2 Å². The summed E-state index contributed by atoms with van der Waals surface area (Å²) >= 11 is 0. The molecule has 0 amide bonds. The largest absolute Gasteiger partial charge is 0.544 e. The van der Waals surface area contributed by atoms with Gasteiger partial charge in [0.2, 0.25) is 8.32 Å². The van der Waals surface area contributed by atoms with Gasteiger partial charge in [-0.1, -0.05) is 32.9 Å². The lowest BCUT2D eigenvalue weighted by Crippen LogP contribution is -2.43. The van der Waals surface area contributed by atoms with E-state index in [1.807, 2.05) is 0 Å². The lowest BCUT2D eigenvalue weighted by atomic mass is 10.1. The number of ether oxygens (including phenoxy) is 2. The van der Waals surface area contributed by atoms with E-state index in [1.54, 1.807) is 0 Å². The van der Waals surface area contributed by atoms with Crippen molar-refractivity contribution >= 4 is 8.32 Å². The molecule has 1 aromatic rings. The van der Waals surface area contributed by atoms with Crippen molar-refractivity contribution in [1.29, 1.82) is 0 Å². The molecule has 0 radical (unpaired) electrons. The zero-order valence-electron chi connectivity index (χ0n) is 15.5. The quantitative estimate of drug-likeness (QED) is 0.648. The van der Waals surface area contributed by atoms with Gasteiger partial charge in [-0.05, 0) is 62.0 Å². The fourth-order valence-corrected chi connectivity index (χ4v) is 3.41. The predicted octanol–water partition coefficient (Wildman–Crippen LogP) is 5.67. The second-order valence-corrected chi connectivity index (χ2v) is 12.7. The fourth-order valence-electron chi connectivity index (χ4n) is 2.38. The minimum Gasteiger partial charge on any atom is -0.544 e. The predicted molar refractivity (Wildman–Crippen MR) is 97.4 cm³/mol. The molecule has 0 saturated carbocycles. The number of rotatable bonds is 5. The summed E-state index contributed by atoms with van der Waals surface area (Å²) in [5.74, 6) is 0.960. The smallest absolute Gasteiger partial charge is 0.250 e. The first-order valence-electron chi connectivity index (χ1n) is 8.75. The van der Waals surface area contributed by atoms with Crippen LogP contribution in [0.5, 0.6) is 5.75 Å². The summed E-state index contributed by atoms with van der Waals surface area (Å²) < 4.78 is 18.0. The van der Waals surface area contributed by atoms with E-state index in [2.05, 4.69) is 65.1 Å². The SMILES string of the molecule is CC(OC1CCCCO1)c1ccc(O[Si](C)(C)C(C)(C)C)cc1.